The molecule has 0 unspecified atom stereocenters. The number of ether oxygens (including phenoxy) is 1. The van der Waals surface area contributed by atoms with Crippen LogP contribution >= 0.6 is 0 Å². The van der Waals surface area contributed by atoms with Crippen LogP contribution in [-0.4, -0.2) is 17.9 Å². The molecule has 0 bridgehead atoms. The van der Waals surface area contributed by atoms with E-state index in [0.717, 1.165) is 36.8 Å². The molecule has 1 aliphatic rings. The van der Waals surface area contributed by atoms with E-state index < -0.39 is 12.1 Å². The van der Waals surface area contributed by atoms with E-state index in [1.807, 2.05) is 50.2 Å². The van der Waals surface area contributed by atoms with Gasteiger partial charge in [-0.1, -0.05) is 66.8 Å². The van der Waals surface area contributed by atoms with Gasteiger partial charge in [-0.05, 0) is 38.8 Å². The van der Waals surface area contributed by atoms with Gasteiger partial charge in [-0.2, -0.15) is 0 Å². The molecule has 0 aliphatic heterocycles. The number of benzene rings is 2. The van der Waals surface area contributed by atoms with Crippen LogP contribution in [0, 0.1) is 13.8 Å². The van der Waals surface area contributed by atoms with E-state index in [4.69, 9.17) is 4.74 Å². The summed E-state index contributed by atoms with van der Waals surface area (Å²) >= 11 is 0. The van der Waals surface area contributed by atoms with Gasteiger partial charge in [0.1, 0.15) is 0 Å². The molecular formula is C23H27NO3. The van der Waals surface area contributed by atoms with E-state index in [1.54, 1.807) is 12.1 Å². The molecule has 4 nitrogen and oxygen atoms in total. The summed E-state index contributed by atoms with van der Waals surface area (Å²) < 4.78 is 5.65. The molecule has 142 valence electrons. The molecule has 0 aromatic heterocycles. The van der Waals surface area contributed by atoms with Gasteiger partial charge in [-0.25, -0.2) is 4.79 Å². The van der Waals surface area contributed by atoms with Crippen LogP contribution in [0.3, 0.4) is 0 Å². The van der Waals surface area contributed by atoms with Crippen molar-refractivity contribution >= 4 is 11.9 Å². The Bertz CT molecular complexity index is 774. The summed E-state index contributed by atoms with van der Waals surface area (Å²) in [6, 6.07) is 14.9. The lowest BCUT2D eigenvalue weighted by molar-refractivity contribution is -0.131. The Morgan fingerprint density at radius 3 is 2.04 bits per heavy atom. The number of carbonyl (C=O) groups excluding carboxylic acids is 2. The Kier molecular flexibility index (Phi) is 6.28. The van der Waals surface area contributed by atoms with Crippen molar-refractivity contribution in [3.05, 3.63) is 70.8 Å². The van der Waals surface area contributed by atoms with Crippen molar-refractivity contribution in [1.82, 2.24) is 5.32 Å². The van der Waals surface area contributed by atoms with E-state index in [9.17, 15) is 9.59 Å². The Labute approximate surface area is 160 Å². The molecule has 3 rings (SSSR count). The number of aryl methyl sites for hydroxylation is 2. The fraction of sp³-hybridized carbons (Fsp3) is 0.391. The van der Waals surface area contributed by atoms with Crippen molar-refractivity contribution in [2.24, 2.45) is 0 Å². The molecule has 1 N–H and O–H groups in total. The van der Waals surface area contributed by atoms with Gasteiger partial charge in [0, 0.05) is 11.6 Å². The first-order valence-electron chi connectivity index (χ1n) is 9.67. The average Bonchev–Trinajstić information content (AvgIpc) is 2.68. The van der Waals surface area contributed by atoms with Gasteiger partial charge in [0.2, 0.25) is 6.10 Å². The molecule has 1 atom stereocenters. The maximum atomic E-state index is 12.9. The fourth-order valence-corrected chi connectivity index (χ4v) is 3.40. The first-order chi connectivity index (χ1) is 13.0. The third-order valence-corrected chi connectivity index (χ3v) is 5.08. The lowest BCUT2D eigenvalue weighted by atomic mass is 9.95. The predicted molar refractivity (Wildman–Crippen MR) is 106 cm³/mol. The lowest BCUT2D eigenvalue weighted by Gasteiger charge is -2.25. The summed E-state index contributed by atoms with van der Waals surface area (Å²) in [5, 5.41) is 3.08. The predicted octanol–water partition coefficient (Wildman–Crippen LogP) is 4.65. The Morgan fingerprint density at radius 2 is 1.44 bits per heavy atom. The van der Waals surface area contributed by atoms with Crippen molar-refractivity contribution in [3.8, 4) is 0 Å². The second-order valence-corrected chi connectivity index (χ2v) is 7.41. The number of amides is 1. The van der Waals surface area contributed by atoms with E-state index in [1.165, 1.54) is 6.42 Å². The second-order valence-electron chi connectivity index (χ2n) is 7.41. The molecule has 0 heterocycles. The minimum atomic E-state index is -0.943. The summed E-state index contributed by atoms with van der Waals surface area (Å²) in [4.78, 5) is 25.5. The van der Waals surface area contributed by atoms with Crippen LogP contribution in [-0.2, 0) is 9.53 Å². The summed E-state index contributed by atoms with van der Waals surface area (Å²) in [7, 11) is 0. The zero-order valence-electron chi connectivity index (χ0n) is 16.0. The highest BCUT2D eigenvalue weighted by Gasteiger charge is 2.28. The Balaban J connectivity index is 1.78. The zero-order valence-corrected chi connectivity index (χ0v) is 16.0. The molecule has 2 aromatic carbocycles. The van der Waals surface area contributed by atoms with Crippen LogP contribution in [0.2, 0.25) is 0 Å². The molecule has 1 fully saturated rings. The summed E-state index contributed by atoms with van der Waals surface area (Å²) in [5.41, 5.74) is 3.30. The number of rotatable bonds is 5. The van der Waals surface area contributed by atoms with Crippen LogP contribution in [0.4, 0.5) is 0 Å². The molecule has 1 saturated carbocycles. The summed E-state index contributed by atoms with van der Waals surface area (Å²) in [5.74, 6) is -0.731. The lowest BCUT2D eigenvalue weighted by Crippen LogP contribution is -2.40. The van der Waals surface area contributed by atoms with Crippen molar-refractivity contribution in [2.75, 3.05) is 0 Å². The average molecular weight is 365 g/mol. The molecule has 0 radical (unpaired) electrons. The normalized spacial score (nSPS) is 15.8. The molecule has 1 aliphatic carbocycles. The number of hydrogen-bond acceptors (Lipinski definition) is 3. The van der Waals surface area contributed by atoms with Crippen molar-refractivity contribution in [3.63, 3.8) is 0 Å². The number of hydrogen-bond donors (Lipinski definition) is 1. The zero-order chi connectivity index (χ0) is 19.2. The van der Waals surface area contributed by atoms with Gasteiger partial charge in [-0.3, -0.25) is 4.79 Å². The number of nitrogens with one attached hydrogen (secondary N) is 1. The van der Waals surface area contributed by atoms with Crippen LogP contribution in [0.15, 0.2) is 48.5 Å². The monoisotopic (exact) mass is 365 g/mol. The number of esters is 1. The fourth-order valence-electron chi connectivity index (χ4n) is 3.40. The molecule has 0 saturated heterocycles. The minimum absolute atomic E-state index is 0.164. The SMILES string of the molecule is Cc1ccc(C(=O)O[C@@H](C(=O)NC2CCCCC2)c2ccc(C)cc2)cc1. The summed E-state index contributed by atoms with van der Waals surface area (Å²) in [6.07, 6.45) is 4.50. The molecule has 2 aromatic rings. The van der Waals surface area contributed by atoms with Crippen molar-refractivity contribution in [2.45, 2.75) is 58.1 Å². The van der Waals surface area contributed by atoms with E-state index in [2.05, 4.69) is 5.32 Å². The van der Waals surface area contributed by atoms with Crippen molar-refractivity contribution in [1.29, 1.82) is 0 Å². The van der Waals surface area contributed by atoms with Crippen LogP contribution < -0.4 is 5.32 Å². The standard InChI is InChI=1S/C23H27NO3/c1-16-8-12-18(13-9-16)21(22(25)24-20-6-4-3-5-7-20)27-23(26)19-14-10-17(2)11-15-19/h8-15,20-21H,3-7H2,1-2H3,(H,24,25)/t21-/m1/s1. The third kappa shape index (κ3) is 5.19. The highest BCUT2D eigenvalue weighted by atomic mass is 16.5. The van der Waals surface area contributed by atoms with Gasteiger partial charge >= 0.3 is 5.97 Å². The maximum Gasteiger partial charge on any atom is 0.339 e. The van der Waals surface area contributed by atoms with Gasteiger partial charge in [0.25, 0.3) is 5.91 Å². The van der Waals surface area contributed by atoms with Crippen LogP contribution in [0.5, 0.6) is 0 Å². The van der Waals surface area contributed by atoms with Crippen LogP contribution in [0.25, 0.3) is 0 Å². The van der Waals surface area contributed by atoms with Gasteiger partial charge in [-0.15, -0.1) is 0 Å². The van der Waals surface area contributed by atoms with Gasteiger partial charge in [0.15, 0.2) is 0 Å². The topological polar surface area (TPSA) is 55.4 Å². The molecule has 0 spiro atoms. The first kappa shape index (κ1) is 19.2. The highest BCUT2D eigenvalue weighted by Crippen LogP contribution is 2.23. The smallest absolute Gasteiger partial charge is 0.339 e. The van der Waals surface area contributed by atoms with Gasteiger partial charge in [0.05, 0.1) is 5.56 Å². The maximum absolute atomic E-state index is 12.9. The molecule has 27 heavy (non-hydrogen) atoms. The Morgan fingerprint density at radius 1 is 0.889 bits per heavy atom. The first-order valence-corrected chi connectivity index (χ1v) is 9.67. The highest BCUT2D eigenvalue weighted by molar-refractivity contribution is 5.92. The molecule has 4 heteroatoms. The largest absolute Gasteiger partial charge is 0.444 e. The minimum Gasteiger partial charge on any atom is -0.444 e. The van der Waals surface area contributed by atoms with Gasteiger partial charge < -0.3 is 10.1 Å². The van der Waals surface area contributed by atoms with Crippen LogP contribution in [0.1, 0.15) is 65.3 Å². The molecular weight excluding hydrogens is 338 g/mol. The van der Waals surface area contributed by atoms with E-state index >= 15 is 0 Å². The van der Waals surface area contributed by atoms with E-state index in [-0.39, 0.29) is 11.9 Å². The third-order valence-electron chi connectivity index (χ3n) is 5.08. The molecule has 1 amide bonds. The second kappa shape index (κ2) is 8.85. The quantitative estimate of drug-likeness (QED) is 0.785. The summed E-state index contributed by atoms with van der Waals surface area (Å²) in [6.45, 7) is 3.95. The van der Waals surface area contributed by atoms with Crippen molar-refractivity contribution < 1.29 is 14.3 Å². The number of carbonyl (C=O) groups is 2. The Hall–Kier alpha value is -2.62. The van der Waals surface area contributed by atoms with E-state index in [0.29, 0.717) is 11.1 Å².